The summed E-state index contributed by atoms with van der Waals surface area (Å²) in [5, 5.41) is 13.5. The minimum Gasteiger partial charge on any atom is -0.325 e. The predicted octanol–water partition coefficient (Wildman–Crippen LogP) is 5.25. The number of nitrogens with one attached hydrogen (secondary N) is 2. The molecule has 0 radical (unpaired) electrons. The number of anilines is 3. The van der Waals surface area contributed by atoms with E-state index < -0.39 is 49.2 Å². The monoisotopic (exact) mass is 634 g/mol. The summed E-state index contributed by atoms with van der Waals surface area (Å²) in [5.74, 6) is -0.824. The zero-order valence-electron chi connectivity index (χ0n) is 21.7. The second-order valence-corrected chi connectivity index (χ2v) is 12.4. The smallest absolute Gasteiger partial charge is 0.325 e. The molecule has 2 N–H and O–H groups in total. The van der Waals surface area contributed by atoms with Crippen molar-refractivity contribution in [2.24, 2.45) is 0 Å². The van der Waals surface area contributed by atoms with Gasteiger partial charge in [-0.1, -0.05) is 24.3 Å². The van der Waals surface area contributed by atoms with Gasteiger partial charge in [-0.3, -0.25) is 23.9 Å². The molecule has 0 aromatic heterocycles. The van der Waals surface area contributed by atoms with E-state index in [4.69, 9.17) is 0 Å². The maximum absolute atomic E-state index is 13.4. The van der Waals surface area contributed by atoms with Gasteiger partial charge in [0, 0.05) is 23.5 Å². The normalized spacial score (nSPS) is 11.9. The molecule has 0 spiro atoms. The molecular weight excluding hydrogens is 613 g/mol. The maximum atomic E-state index is 13.4. The van der Waals surface area contributed by atoms with E-state index in [1.54, 1.807) is 6.07 Å². The van der Waals surface area contributed by atoms with Crippen molar-refractivity contribution < 1.29 is 39.7 Å². The van der Waals surface area contributed by atoms with Crippen LogP contribution >= 0.6 is 0 Å². The van der Waals surface area contributed by atoms with Gasteiger partial charge in [0.05, 0.1) is 26.0 Å². The number of rotatable bonds is 10. The Bertz CT molecular complexity index is 1850. The number of sulfonamides is 2. The first-order valence-electron chi connectivity index (χ1n) is 12.1. The molecule has 0 atom stereocenters. The van der Waals surface area contributed by atoms with Gasteiger partial charge in [-0.15, -0.1) is 0 Å². The van der Waals surface area contributed by atoms with E-state index in [0.717, 1.165) is 46.8 Å². The Morgan fingerprint density at radius 1 is 0.791 bits per heavy atom. The average Bonchev–Trinajstić information content (AvgIpc) is 2.96. The number of hydrogen-bond donors (Lipinski definition) is 2. The number of alkyl halides is 3. The van der Waals surface area contributed by atoms with Crippen LogP contribution in [-0.2, 0) is 31.0 Å². The van der Waals surface area contributed by atoms with Gasteiger partial charge in [0.2, 0.25) is 5.91 Å². The van der Waals surface area contributed by atoms with Gasteiger partial charge in [0.25, 0.3) is 25.7 Å². The van der Waals surface area contributed by atoms with Gasteiger partial charge in [-0.25, -0.2) is 16.8 Å². The predicted molar refractivity (Wildman–Crippen MR) is 151 cm³/mol. The minimum absolute atomic E-state index is 0.0216. The van der Waals surface area contributed by atoms with Crippen molar-refractivity contribution >= 4 is 48.7 Å². The van der Waals surface area contributed by atoms with Crippen LogP contribution in [0.1, 0.15) is 5.56 Å². The molecule has 0 saturated heterocycles. The molecule has 0 saturated carbocycles. The summed E-state index contributed by atoms with van der Waals surface area (Å²) < 4.78 is 94.0. The zero-order chi connectivity index (χ0) is 31.4. The molecule has 16 heteroatoms. The fourth-order valence-electron chi connectivity index (χ4n) is 3.80. The molecule has 0 heterocycles. The Balaban J connectivity index is 1.52. The SMILES string of the molecule is O=C(CN(c1ccc([N+](=O)[O-])cc1)S(=O)(=O)c1ccccc1)Nc1ccc(S(=O)(=O)Nc2cccc(C(F)(F)F)c2)cc1. The summed E-state index contributed by atoms with van der Waals surface area (Å²) in [4.78, 5) is 22.9. The van der Waals surface area contributed by atoms with Gasteiger partial charge in [0.1, 0.15) is 6.54 Å². The van der Waals surface area contributed by atoms with Gasteiger partial charge >= 0.3 is 6.18 Å². The Labute approximate surface area is 243 Å². The third kappa shape index (κ3) is 7.47. The lowest BCUT2D eigenvalue weighted by Gasteiger charge is -2.24. The number of carbonyl (C=O) groups is 1. The van der Waals surface area contributed by atoms with Crippen LogP contribution in [0.25, 0.3) is 0 Å². The Kier molecular flexibility index (Phi) is 8.72. The van der Waals surface area contributed by atoms with Gasteiger partial charge in [-0.05, 0) is 66.7 Å². The molecule has 4 aromatic carbocycles. The molecule has 0 bridgehead atoms. The highest BCUT2D eigenvalue weighted by atomic mass is 32.2. The summed E-state index contributed by atoms with van der Waals surface area (Å²) >= 11 is 0. The zero-order valence-corrected chi connectivity index (χ0v) is 23.4. The van der Waals surface area contributed by atoms with Gasteiger partial charge in [0.15, 0.2) is 0 Å². The largest absolute Gasteiger partial charge is 0.416 e. The lowest BCUT2D eigenvalue weighted by atomic mass is 10.2. The highest BCUT2D eigenvalue weighted by molar-refractivity contribution is 7.93. The highest BCUT2D eigenvalue weighted by Crippen LogP contribution is 2.31. The summed E-state index contributed by atoms with van der Waals surface area (Å²) in [6.07, 6.45) is -4.67. The molecule has 43 heavy (non-hydrogen) atoms. The van der Waals surface area contributed by atoms with Crippen molar-refractivity contribution in [1.29, 1.82) is 0 Å². The van der Waals surface area contributed by atoms with Gasteiger partial charge in [-0.2, -0.15) is 13.2 Å². The quantitative estimate of drug-likeness (QED) is 0.178. The summed E-state index contributed by atoms with van der Waals surface area (Å²) in [7, 11) is -8.60. The topological polar surface area (TPSA) is 156 Å². The van der Waals surface area contributed by atoms with Crippen LogP contribution in [0.4, 0.5) is 35.9 Å². The molecule has 0 fully saturated rings. The maximum Gasteiger partial charge on any atom is 0.416 e. The van der Waals surface area contributed by atoms with Crippen LogP contribution in [0.5, 0.6) is 0 Å². The lowest BCUT2D eigenvalue weighted by molar-refractivity contribution is -0.384. The fraction of sp³-hybridized carbons (Fsp3) is 0.0741. The van der Waals surface area contributed by atoms with Crippen LogP contribution in [-0.4, -0.2) is 34.2 Å². The molecule has 0 aliphatic heterocycles. The first kappa shape index (κ1) is 31.0. The van der Waals surface area contributed by atoms with Crippen LogP contribution in [0.15, 0.2) is 113 Å². The number of halogens is 3. The van der Waals surface area contributed by atoms with Crippen molar-refractivity contribution in [3.05, 3.63) is 119 Å². The highest BCUT2D eigenvalue weighted by Gasteiger charge is 2.31. The van der Waals surface area contributed by atoms with Crippen molar-refractivity contribution in [2.45, 2.75) is 16.0 Å². The number of nitrogens with zero attached hydrogens (tertiary/aromatic N) is 2. The number of nitro benzene ring substituents is 1. The van der Waals surface area contributed by atoms with Crippen LogP contribution in [0.3, 0.4) is 0 Å². The first-order chi connectivity index (χ1) is 20.2. The van der Waals surface area contributed by atoms with E-state index in [9.17, 15) is 44.9 Å². The number of non-ortho nitro benzene ring substituents is 1. The molecule has 224 valence electrons. The molecule has 0 aliphatic carbocycles. The molecule has 0 unspecified atom stereocenters. The third-order valence-corrected chi connectivity index (χ3v) is 9.04. The first-order valence-corrected chi connectivity index (χ1v) is 15.0. The fourth-order valence-corrected chi connectivity index (χ4v) is 6.29. The van der Waals surface area contributed by atoms with E-state index in [2.05, 4.69) is 10.0 Å². The van der Waals surface area contributed by atoms with E-state index >= 15 is 0 Å². The van der Waals surface area contributed by atoms with E-state index in [1.807, 2.05) is 0 Å². The van der Waals surface area contributed by atoms with E-state index in [0.29, 0.717) is 6.07 Å². The summed E-state index contributed by atoms with van der Waals surface area (Å²) in [6.45, 7) is -0.744. The number of benzene rings is 4. The molecular formula is C27H21F3N4O7S2. The van der Waals surface area contributed by atoms with E-state index in [1.165, 1.54) is 48.5 Å². The average molecular weight is 635 g/mol. The third-order valence-electron chi connectivity index (χ3n) is 5.86. The van der Waals surface area contributed by atoms with Crippen molar-refractivity contribution in [1.82, 2.24) is 0 Å². The summed E-state index contributed by atoms with van der Waals surface area (Å²) in [5.41, 5.74) is -1.57. The second kappa shape index (κ2) is 12.1. The Morgan fingerprint density at radius 2 is 1.42 bits per heavy atom. The Hall–Kier alpha value is -4.96. The minimum atomic E-state index is -4.67. The second-order valence-electron chi connectivity index (χ2n) is 8.85. The van der Waals surface area contributed by atoms with E-state index in [-0.39, 0.29) is 32.5 Å². The lowest BCUT2D eigenvalue weighted by Crippen LogP contribution is -2.38. The molecule has 4 rings (SSSR count). The van der Waals surface area contributed by atoms with Crippen molar-refractivity contribution in [2.75, 3.05) is 20.9 Å². The summed E-state index contributed by atoms with van der Waals surface area (Å²) in [6, 6.07) is 20.0. The molecule has 11 nitrogen and oxygen atoms in total. The van der Waals surface area contributed by atoms with Crippen LogP contribution < -0.4 is 14.3 Å². The van der Waals surface area contributed by atoms with Gasteiger partial charge < -0.3 is 5.32 Å². The van der Waals surface area contributed by atoms with Crippen molar-refractivity contribution in [3.63, 3.8) is 0 Å². The molecule has 1 amide bonds. The number of hydrogen-bond acceptors (Lipinski definition) is 7. The van der Waals surface area contributed by atoms with Crippen LogP contribution in [0.2, 0.25) is 0 Å². The Morgan fingerprint density at radius 3 is 2.00 bits per heavy atom. The number of nitro groups is 1. The number of amides is 1. The molecule has 0 aliphatic rings. The standard InChI is InChI=1S/C27H21F3N4O7S2/c28-27(29,30)19-5-4-6-21(17-19)32-42(38,39)24-15-9-20(10-16-24)31-26(35)18-33(22-11-13-23(14-12-22)34(36)37)43(40,41)25-7-2-1-3-8-25/h1-17,32H,18H2,(H,31,35). The molecule has 4 aromatic rings. The number of carbonyl (C=O) groups excluding carboxylic acids is 1. The van der Waals surface area contributed by atoms with Crippen LogP contribution in [0, 0.1) is 10.1 Å². The van der Waals surface area contributed by atoms with Crippen molar-refractivity contribution in [3.8, 4) is 0 Å².